The molecule has 1 aromatic carbocycles. The van der Waals surface area contributed by atoms with Crippen molar-refractivity contribution in [1.29, 1.82) is 0 Å². The molecule has 0 unspecified atom stereocenters. The second-order valence-electron chi connectivity index (χ2n) is 5.94. The number of urea groups is 1. The Morgan fingerprint density at radius 1 is 1.04 bits per heavy atom. The number of amides is 3. The quantitative estimate of drug-likeness (QED) is 0.561. The number of rotatable bonds is 7. The molecule has 7 heteroatoms. The topological polar surface area (TPSA) is 82.3 Å². The van der Waals surface area contributed by atoms with Gasteiger partial charge in [-0.15, -0.1) is 12.4 Å². The second-order valence-corrected chi connectivity index (χ2v) is 5.94. The predicted octanol–water partition coefficient (Wildman–Crippen LogP) is 1.56. The summed E-state index contributed by atoms with van der Waals surface area (Å²) in [6, 6.07) is 9.42. The molecule has 134 valence electrons. The number of halogens is 1. The van der Waals surface area contributed by atoms with E-state index in [0.717, 1.165) is 18.4 Å². The largest absolute Gasteiger partial charge is 0.353 e. The van der Waals surface area contributed by atoms with E-state index >= 15 is 0 Å². The number of carbonyl (C=O) groups excluding carboxylic acids is 2. The van der Waals surface area contributed by atoms with Crippen molar-refractivity contribution in [1.82, 2.24) is 21.3 Å². The molecule has 1 aliphatic carbocycles. The average Bonchev–Trinajstić information content (AvgIpc) is 3.04. The molecule has 0 atom stereocenters. The van der Waals surface area contributed by atoms with Crippen LogP contribution in [0.5, 0.6) is 0 Å². The first-order valence-electron chi connectivity index (χ1n) is 8.19. The zero-order valence-corrected chi connectivity index (χ0v) is 14.9. The lowest BCUT2D eigenvalue weighted by atomic mass is 9.96. The lowest BCUT2D eigenvalue weighted by Gasteiger charge is -2.29. The van der Waals surface area contributed by atoms with Crippen molar-refractivity contribution in [3.63, 3.8) is 0 Å². The van der Waals surface area contributed by atoms with Crippen LogP contribution in [0.15, 0.2) is 30.3 Å². The van der Waals surface area contributed by atoms with E-state index in [1.807, 2.05) is 37.4 Å². The van der Waals surface area contributed by atoms with Gasteiger partial charge in [0.05, 0.1) is 0 Å². The molecule has 0 aromatic heterocycles. The van der Waals surface area contributed by atoms with E-state index in [1.54, 1.807) is 0 Å². The van der Waals surface area contributed by atoms with E-state index in [9.17, 15) is 9.59 Å². The molecule has 1 aliphatic rings. The minimum absolute atomic E-state index is 0. The smallest absolute Gasteiger partial charge is 0.315 e. The summed E-state index contributed by atoms with van der Waals surface area (Å²) in [4.78, 5) is 24.7. The maximum Gasteiger partial charge on any atom is 0.315 e. The first kappa shape index (κ1) is 20.3. The Morgan fingerprint density at radius 2 is 1.71 bits per heavy atom. The van der Waals surface area contributed by atoms with Gasteiger partial charge in [0.25, 0.3) is 0 Å². The van der Waals surface area contributed by atoms with Gasteiger partial charge < -0.3 is 21.3 Å². The molecule has 0 radical (unpaired) electrons. The maximum atomic E-state index is 12.5. The molecule has 3 amide bonds. The average molecular weight is 355 g/mol. The van der Waals surface area contributed by atoms with Gasteiger partial charge in [0.2, 0.25) is 5.91 Å². The van der Waals surface area contributed by atoms with Crippen LogP contribution in [0.3, 0.4) is 0 Å². The van der Waals surface area contributed by atoms with Crippen LogP contribution in [0.4, 0.5) is 4.79 Å². The van der Waals surface area contributed by atoms with Gasteiger partial charge >= 0.3 is 6.03 Å². The Balaban J connectivity index is 0.00000288. The summed E-state index contributed by atoms with van der Waals surface area (Å²) < 4.78 is 0. The fourth-order valence-corrected chi connectivity index (χ4v) is 2.90. The number of carbonyl (C=O) groups is 2. The van der Waals surface area contributed by atoms with Crippen LogP contribution < -0.4 is 21.3 Å². The molecule has 0 bridgehead atoms. The molecular weight excluding hydrogens is 328 g/mol. The Labute approximate surface area is 149 Å². The molecule has 24 heavy (non-hydrogen) atoms. The standard InChI is InChI=1S/C17H26N4O2.ClH/c1-18-11-12-19-15(22)17(9-5-6-10-17)21-16(23)20-13-14-7-3-2-4-8-14;/h2-4,7-8,18H,5-6,9-13H2,1H3,(H,19,22)(H2,20,21,23);1H. The summed E-state index contributed by atoms with van der Waals surface area (Å²) >= 11 is 0. The first-order valence-corrected chi connectivity index (χ1v) is 8.19. The molecular formula is C17H27ClN4O2. The number of likely N-dealkylation sites (N-methyl/N-ethyl adjacent to an activating group) is 1. The second kappa shape index (κ2) is 10.2. The van der Waals surface area contributed by atoms with E-state index in [4.69, 9.17) is 0 Å². The minimum atomic E-state index is -0.769. The minimum Gasteiger partial charge on any atom is -0.353 e. The zero-order valence-electron chi connectivity index (χ0n) is 14.1. The summed E-state index contributed by atoms with van der Waals surface area (Å²) in [7, 11) is 1.84. The normalized spacial score (nSPS) is 15.2. The van der Waals surface area contributed by atoms with Gasteiger partial charge in [-0.1, -0.05) is 43.2 Å². The third-order valence-electron chi connectivity index (χ3n) is 4.20. The van der Waals surface area contributed by atoms with Crippen LogP contribution >= 0.6 is 12.4 Å². The van der Waals surface area contributed by atoms with Crippen molar-refractivity contribution in [2.75, 3.05) is 20.1 Å². The monoisotopic (exact) mass is 354 g/mol. The molecule has 0 spiro atoms. The van der Waals surface area contributed by atoms with Crippen LogP contribution in [0.1, 0.15) is 31.2 Å². The number of nitrogens with one attached hydrogen (secondary N) is 4. The summed E-state index contributed by atoms with van der Waals surface area (Å²) in [6.07, 6.45) is 3.30. The molecule has 4 N–H and O–H groups in total. The lowest BCUT2D eigenvalue weighted by Crippen LogP contribution is -2.59. The van der Waals surface area contributed by atoms with Crippen LogP contribution in [0.25, 0.3) is 0 Å². The van der Waals surface area contributed by atoms with Crippen molar-refractivity contribution in [3.8, 4) is 0 Å². The van der Waals surface area contributed by atoms with Crippen LogP contribution in [0.2, 0.25) is 0 Å². The van der Waals surface area contributed by atoms with E-state index in [2.05, 4.69) is 21.3 Å². The zero-order chi connectivity index (χ0) is 16.5. The maximum absolute atomic E-state index is 12.5. The Bertz CT molecular complexity index is 519. The summed E-state index contributed by atoms with van der Waals surface area (Å²) in [5, 5.41) is 11.6. The van der Waals surface area contributed by atoms with Crippen molar-refractivity contribution in [2.24, 2.45) is 0 Å². The Morgan fingerprint density at radius 3 is 2.33 bits per heavy atom. The highest BCUT2D eigenvalue weighted by atomic mass is 35.5. The number of hydrogen-bond acceptors (Lipinski definition) is 3. The summed E-state index contributed by atoms with van der Waals surface area (Å²) in [5.74, 6) is -0.0832. The van der Waals surface area contributed by atoms with Gasteiger partial charge in [-0.25, -0.2) is 4.79 Å². The molecule has 1 saturated carbocycles. The molecule has 1 aromatic rings. The van der Waals surface area contributed by atoms with Gasteiger partial charge in [0.15, 0.2) is 0 Å². The van der Waals surface area contributed by atoms with Gasteiger partial charge in [0.1, 0.15) is 5.54 Å². The highest BCUT2D eigenvalue weighted by Crippen LogP contribution is 2.29. The number of hydrogen-bond donors (Lipinski definition) is 4. The van der Waals surface area contributed by atoms with Crippen LogP contribution in [0, 0.1) is 0 Å². The van der Waals surface area contributed by atoms with Gasteiger partial charge in [-0.2, -0.15) is 0 Å². The van der Waals surface area contributed by atoms with Crippen molar-refractivity contribution < 1.29 is 9.59 Å². The van der Waals surface area contributed by atoms with Gasteiger partial charge in [-0.05, 0) is 25.5 Å². The summed E-state index contributed by atoms with van der Waals surface area (Å²) in [5.41, 5.74) is 0.260. The van der Waals surface area contributed by atoms with Crippen LogP contribution in [-0.4, -0.2) is 37.6 Å². The first-order chi connectivity index (χ1) is 11.2. The van der Waals surface area contributed by atoms with Crippen molar-refractivity contribution in [2.45, 2.75) is 37.8 Å². The highest BCUT2D eigenvalue weighted by molar-refractivity contribution is 5.91. The Hall–Kier alpha value is -1.79. The molecule has 2 rings (SSSR count). The highest BCUT2D eigenvalue weighted by Gasteiger charge is 2.42. The molecule has 0 heterocycles. The fourth-order valence-electron chi connectivity index (χ4n) is 2.90. The SMILES string of the molecule is CNCCNC(=O)C1(NC(=O)NCc2ccccc2)CCCC1.Cl. The molecule has 0 saturated heterocycles. The van der Waals surface area contributed by atoms with E-state index < -0.39 is 5.54 Å². The van der Waals surface area contributed by atoms with Gasteiger partial charge in [0, 0.05) is 19.6 Å². The van der Waals surface area contributed by atoms with Crippen molar-refractivity contribution >= 4 is 24.3 Å². The predicted molar refractivity (Wildman–Crippen MR) is 97.2 cm³/mol. The van der Waals surface area contributed by atoms with E-state index in [1.165, 1.54) is 0 Å². The molecule has 6 nitrogen and oxygen atoms in total. The van der Waals surface area contributed by atoms with E-state index in [-0.39, 0.29) is 24.3 Å². The third kappa shape index (κ3) is 5.69. The molecule has 0 aliphatic heterocycles. The van der Waals surface area contributed by atoms with Gasteiger partial charge in [-0.3, -0.25) is 4.79 Å². The van der Waals surface area contributed by atoms with Crippen molar-refractivity contribution in [3.05, 3.63) is 35.9 Å². The summed E-state index contributed by atoms with van der Waals surface area (Å²) in [6.45, 7) is 1.72. The molecule has 1 fully saturated rings. The van der Waals surface area contributed by atoms with Crippen LogP contribution in [-0.2, 0) is 11.3 Å². The Kier molecular flexibility index (Phi) is 8.57. The lowest BCUT2D eigenvalue weighted by molar-refractivity contribution is -0.127. The van der Waals surface area contributed by atoms with E-state index in [0.29, 0.717) is 32.5 Å². The fraction of sp³-hybridized carbons (Fsp3) is 0.529. The third-order valence-corrected chi connectivity index (χ3v) is 4.20. The number of benzene rings is 1.